The molecule has 7 heteroatoms. The molecule has 0 unspecified atom stereocenters. The number of hydrogen-bond acceptors (Lipinski definition) is 5. The number of aryl methyl sites for hydroxylation is 1. The first-order chi connectivity index (χ1) is 15.6. The summed E-state index contributed by atoms with van der Waals surface area (Å²) in [6.07, 6.45) is 9.27. The maximum absolute atomic E-state index is 13.0. The Bertz CT molecular complexity index is 1190. The van der Waals surface area contributed by atoms with Gasteiger partial charge in [-0.05, 0) is 48.9 Å². The molecule has 5 rings (SSSR count). The number of aromatic nitrogens is 3. The van der Waals surface area contributed by atoms with E-state index in [1.54, 1.807) is 12.3 Å². The van der Waals surface area contributed by atoms with Crippen molar-refractivity contribution in [2.75, 3.05) is 25.1 Å². The van der Waals surface area contributed by atoms with E-state index < -0.39 is 0 Å². The van der Waals surface area contributed by atoms with Gasteiger partial charge < -0.3 is 19.9 Å². The zero-order valence-corrected chi connectivity index (χ0v) is 18.2. The SMILES string of the molecule is Cc1cc2ccc(CN3CC=CC(c4ccnc(NC5CCOCC5)n4)=CC3=O)cc2[nH]1. The van der Waals surface area contributed by atoms with Gasteiger partial charge in [-0.3, -0.25) is 4.79 Å². The van der Waals surface area contributed by atoms with E-state index in [0.717, 1.165) is 54.1 Å². The van der Waals surface area contributed by atoms with Crippen molar-refractivity contribution in [1.82, 2.24) is 19.9 Å². The number of allylic oxidation sites excluding steroid dienone is 2. The molecule has 4 heterocycles. The lowest BCUT2D eigenvalue weighted by molar-refractivity contribution is -0.126. The average molecular weight is 430 g/mol. The normalized spacial score (nSPS) is 17.5. The topological polar surface area (TPSA) is 83.1 Å². The fourth-order valence-corrected chi connectivity index (χ4v) is 4.22. The van der Waals surface area contributed by atoms with Crippen molar-refractivity contribution in [3.63, 3.8) is 0 Å². The predicted octanol–water partition coefficient (Wildman–Crippen LogP) is 3.84. The first kappa shape index (κ1) is 20.5. The highest BCUT2D eigenvalue weighted by Gasteiger charge is 2.18. The molecule has 0 atom stereocenters. The maximum atomic E-state index is 13.0. The van der Waals surface area contributed by atoms with Crippen molar-refractivity contribution in [3.05, 3.63) is 71.7 Å². The van der Waals surface area contributed by atoms with Crippen LogP contribution < -0.4 is 5.32 Å². The van der Waals surface area contributed by atoms with Crippen molar-refractivity contribution in [2.45, 2.75) is 32.4 Å². The van der Waals surface area contributed by atoms with Crippen molar-refractivity contribution in [3.8, 4) is 0 Å². The van der Waals surface area contributed by atoms with Crippen LogP contribution in [0.25, 0.3) is 16.5 Å². The van der Waals surface area contributed by atoms with Crippen molar-refractivity contribution in [1.29, 1.82) is 0 Å². The Balaban J connectivity index is 1.31. The number of benzene rings is 1. The Kier molecular flexibility index (Phi) is 5.73. The van der Waals surface area contributed by atoms with Gasteiger partial charge in [0.2, 0.25) is 11.9 Å². The number of carbonyl (C=O) groups is 1. The number of anilines is 1. The Labute approximate surface area is 187 Å². The Hall–Kier alpha value is -3.45. The van der Waals surface area contributed by atoms with Gasteiger partial charge in [0, 0.05) is 61.4 Å². The van der Waals surface area contributed by atoms with E-state index in [0.29, 0.717) is 25.1 Å². The van der Waals surface area contributed by atoms with Gasteiger partial charge in [-0.15, -0.1) is 0 Å². The monoisotopic (exact) mass is 429 g/mol. The lowest BCUT2D eigenvalue weighted by Crippen LogP contribution is -2.29. The molecule has 164 valence electrons. The van der Waals surface area contributed by atoms with Gasteiger partial charge in [0.15, 0.2) is 0 Å². The van der Waals surface area contributed by atoms with Gasteiger partial charge in [-0.25, -0.2) is 9.97 Å². The van der Waals surface area contributed by atoms with E-state index >= 15 is 0 Å². The maximum Gasteiger partial charge on any atom is 0.247 e. The van der Waals surface area contributed by atoms with E-state index in [2.05, 4.69) is 44.5 Å². The molecule has 7 nitrogen and oxygen atoms in total. The third kappa shape index (κ3) is 4.57. The summed E-state index contributed by atoms with van der Waals surface area (Å²) in [7, 11) is 0. The van der Waals surface area contributed by atoms with Crippen LogP contribution >= 0.6 is 0 Å². The highest BCUT2D eigenvalue weighted by atomic mass is 16.5. The van der Waals surface area contributed by atoms with E-state index in [1.807, 2.05) is 30.0 Å². The summed E-state index contributed by atoms with van der Waals surface area (Å²) in [6, 6.07) is 10.6. The molecule has 2 aromatic heterocycles. The zero-order chi connectivity index (χ0) is 21.9. The Morgan fingerprint density at radius 3 is 2.97 bits per heavy atom. The summed E-state index contributed by atoms with van der Waals surface area (Å²) in [5.41, 5.74) is 4.87. The van der Waals surface area contributed by atoms with E-state index in [1.165, 1.54) is 5.39 Å². The van der Waals surface area contributed by atoms with Crippen LogP contribution in [0.5, 0.6) is 0 Å². The van der Waals surface area contributed by atoms with Gasteiger partial charge in [-0.1, -0.05) is 24.3 Å². The van der Waals surface area contributed by atoms with Gasteiger partial charge in [0.25, 0.3) is 0 Å². The number of nitrogens with one attached hydrogen (secondary N) is 2. The molecular weight excluding hydrogens is 402 g/mol. The number of rotatable bonds is 5. The summed E-state index contributed by atoms with van der Waals surface area (Å²) in [5.74, 6) is 0.567. The molecule has 0 bridgehead atoms. The van der Waals surface area contributed by atoms with Crippen LogP contribution in [0.15, 0.2) is 54.8 Å². The highest BCUT2D eigenvalue weighted by Crippen LogP contribution is 2.21. The number of carbonyl (C=O) groups excluding carboxylic acids is 1. The molecule has 32 heavy (non-hydrogen) atoms. The molecule has 2 N–H and O–H groups in total. The van der Waals surface area contributed by atoms with Crippen molar-refractivity contribution < 1.29 is 9.53 Å². The molecule has 2 aliphatic rings. The van der Waals surface area contributed by atoms with E-state index in [9.17, 15) is 4.79 Å². The van der Waals surface area contributed by atoms with Crippen LogP contribution in [0, 0.1) is 6.92 Å². The van der Waals surface area contributed by atoms with Crippen LogP contribution in [0.2, 0.25) is 0 Å². The second-order valence-corrected chi connectivity index (χ2v) is 8.39. The number of aromatic amines is 1. The molecule has 2 aliphatic heterocycles. The fraction of sp³-hybridized carbons (Fsp3) is 0.320. The molecule has 0 spiro atoms. The quantitative estimate of drug-likeness (QED) is 0.644. The Morgan fingerprint density at radius 2 is 2.09 bits per heavy atom. The van der Waals surface area contributed by atoms with Gasteiger partial charge >= 0.3 is 0 Å². The predicted molar refractivity (Wildman–Crippen MR) is 125 cm³/mol. The minimum atomic E-state index is -0.0229. The molecular formula is C25H27N5O2. The van der Waals surface area contributed by atoms with Crippen LogP contribution in [-0.2, 0) is 16.1 Å². The molecule has 1 fully saturated rings. The van der Waals surface area contributed by atoms with Crippen molar-refractivity contribution in [2.24, 2.45) is 0 Å². The molecule has 3 aromatic rings. The minimum absolute atomic E-state index is 0.0229. The molecule has 0 saturated carbocycles. The number of amides is 1. The molecule has 1 amide bonds. The smallest absolute Gasteiger partial charge is 0.247 e. The Morgan fingerprint density at radius 1 is 1.22 bits per heavy atom. The molecule has 1 aromatic carbocycles. The highest BCUT2D eigenvalue weighted by molar-refractivity contribution is 5.98. The first-order valence-electron chi connectivity index (χ1n) is 11.1. The fourth-order valence-electron chi connectivity index (χ4n) is 4.22. The third-order valence-electron chi connectivity index (χ3n) is 5.91. The summed E-state index contributed by atoms with van der Waals surface area (Å²) >= 11 is 0. The first-order valence-corrected chi connectivity index (χ1v) is 11.1. The minimum Gasteiger partial charge on any atom is -0.381 e. The summed E-state index contributed by atoms with van der Waals surface area (Å²) < 4.78 is 5.41. The number of ether oxygens (including phenoxy) is 1. The largest absolute Gasteiger partial charge is 0.381 e. The van der Waals surface area contributed by atoms with Crippen LogP contribution in [0.4, 0.5) is 5.95 Å². The van der Waals surface area contributed by atoms with Gasteiger partial charge in [-0.2, -0.15) is 0 Å². The molecule has 0 aliphatic carbocycles. The second kappa shape index (κ2) is 8.96. The summed E-state index contributed by atoms with van der Waals surface area (Å²) in [6.45, 7) is 4.67. The van der Waals surface area contributed by atoms with Crippen LogP contribution in [0.1, 0.15) is 29.8 Å². The van der Waals surface area contributed by atoms with Gasteiger partial charge in [0.05, 0.1) is 5.69 Å². The number of nitrogens with zero attached hydrogens (tertiary/aromatic N) is 3. The van der Waals surface area contributed by atoms with E-state index in [4.69, 9.17) is 4.74 Å². The standard InChI is InChI=1S/C25H27N5O2/c1-17-13-20-5-4-18(14-23(20)27-17)16-30-10-2-3-19(15-24(30)31)22-6-9-26-25(29-22)28-21-7-11-32-12-8-21/h2-6,9,13-15,21,27H,7-8,10-12,16H2,1H3,(H,26,28,29). The van der Waals surface area contributed by atoms with Gasteiger partial charge in [0.1, 0.15) is 0 Å². The summed E-state index contributed by atoms with van der Waals surface area (Å²) in [5, 5.41) is 4.58. The van der Waals surface area contributed by atoms with Crippen molar-refractivity contribution >= 4 is 28.3 Å². The lowest BCUT2D eigenvalue weighted by Gasteiger charge is -2.23. The molecule has 1 saturated heterocycles. The summed E-state index contributed by atoms with van der Waals surface area (Å²) in [4.78, 5) is 27.2. The van der Waals surface area contributed by atoms with Crippen LogP contribution in [-0.4, -0.2) is 51.6 Å². The third-order valence-corrected chi connectivity index (χ3v) is 5.91. The zero-order valence-electron chi connectivity index (χ0n) is 18.2. The van der Waals surface area contributed by atoms with Crippen LogP contribution in [0.3, 0.4) is 0 Å². The number of hydrogen-bond donors (Lipinski definition) is 2. The number of H-pyrrole nitrogens is 1. The lowest BCUT2D eigenvalue weighted by atomic mass is 10.1. The number of fused-ring (bicyclic) bond motifs is 1. The second-order valence-electron chi connectivity index (χ2n) is 8.39. The average Bonchev–Trinajstić information content (AvgIpc) is 3.07. The molecule has 0 radical (unpaired) electrons. The van der Waals surface area contributed by atoms with E-state index in [-0.39, 0.29) is 5.91 Å².